The lowest BCUT2D eigenvalue weighted by atomic mass is 10.0. The Morgan fingerprint density at radius 2 is 2.17 bits per heavy atom. The molecule has 0 aliphatic carbocycles. The van der Waals surface area contributed by atoms with E-state index in [0.29, 0.717) is 0 Å². The van der Waals surface area contributed by atoms with Crippen LogP contribution in [0.4, 0.5) is 0 Å². The molecule has 0 amide bonds. The molecule has 0 radical (unpaired) electrons. The van der Waals surface area contributed by atoms with Crippen molar-refractivity contribution in [3.05, 3.63) is 47.3 Å². The zero-order valence-corrected chi connectivity index (χ0v) is 11.1. The summed E-state index contributed by atoms with van der Waals surface area (Å²) in [5.74, 6) is 0.879. The number of nitrogens with zero attached hydrogens (tertiary/aromatic N) is 2. The zero-order valence-electron chi connectivity index (χ0n) is 11.1. The molecule has 0 aliphatic rings. The summed E-state index contributed by atoms with van der Waals surface area (Å²) in [6.45, 7) is 2.02. The molecule has 0 saturated heterocycles. The summed E-state index contributed by atoms with van der Waals surface area (Å²) in [6.07, 6.45) is 2.66. The number of rotatable bonds is 4. The molecule has 0 aliphatic heterocycles. The second kappa shape index (κ2) is 5.23. The molecule has 2 aromatic rings. The highest BCUT2D eigenvalue weighted by Gasteiger charge is 2.10. The number of nitrogens with two attached hydrogens (primary N) is 1. The van der Waals surface area contributed by atoms with Crippen LogP contribution in [0.5, 0.6) is 5.75 Å². The van der Waals surface area contributed by atoms with E-state index in [1.54, 1.807) is 11.8 Å². The van der Waals surface area contributed by atoms with Crippen molar-refractivity contribution in [3.63, 3.8) is 0 Å². The Labute approximate surface area is 107 Å². The Balaban J connectivity index is 2.15. The van der Waals surface area contributed by atoms with E-state index in [0.717, 1.165) is 29.0 Å². The van der Waals surface area contributed by atoms with Gasteiger partial charge in [-0.3, -0.25) is 4.68 Å². The molecule has 0 fully saturated rings. The first-order chi connectivity index (χ1) is 8.60. The van der Waals surface area contributed by atoms with Crippen LogP contribution in [0.2, 0.25) is 0 Å². The van der Waals surface area contributed by atoms with Crippen molar-refractivity contribution in [2.45, 2.75) is 19.4 Å². The van der Waals surface area contributed by atoms with Crippen LogP contribution in [0.15, 0.2) is 30.5 Å². The van der Waals surface area contributed by atoms with Gasteiger partial charge in [-0.05, 0) is 30.2 Å². The second-order valence-corrected chi connectivity index (χ2v) is 4.52. The first-order valence-corrected chi connectivity index (χ1v) is 5.99. The molecule has 1 atom stereocenters. The minimum absolute atomic E-state index is 0.0607. The van der Waals surface area contributed by atoms with E-state index in [-0.39, 0.29) is 6.04 Å². The van der Waals surface area contributed by atoms with Gasteiger partial charge in [0, 0.05) is 25.7 Å². The van der Waals surface area contributed by atoms with Gasteiger partial charge < -0.3 is 10.5 Å². The number of ether oxygens (including phenoxy) is 1. The van der Waals surface area contributed by atoms with Crippen LogP contribution in [-0.4, -0.2) is 16.9 Å². The van der Waals surface area contributed by atoms with Crippen LogP contribution in [0.25, 0.3) is 0 Å². The smallest absolute Gasteiger partial charge is 0.122 e. The standard InChI is InChI=1S/C14H19N3O/c1-10-4-5-11(8-14(10)18-3)13(15)9-12-6-7-17(2)16-12/h4-8,13H,9,15H2,1-3H3. The summed E-state index contributed by atoms with van der Waals surface area (Å²) in [5, 5.41) is 4.34. The monoisotopic (exact) mass is 245 g/mol. The van der Waals surface area contributed by atoms with E-state index in [1.165, 1.54) is 0 Å². The van der Waals surface area contributed by atoms with Gasteiger partial charge in [0.15, 0.2) is 0 Å². The van der Waals surface area contributed by atoms with E-state index in [4.69, 9.17) is 10.5 Å². The summed E-state index contributed by atoms with van der Waals surface area (Å²) < 4.78 is 7.10. The fraction of sp³-hybridized carbons (Fsp3) is 0.357. The third kappa shape index (κ3) is 2.71. The normalized spacial score (nSPS) is 12.4. The number of aryl methyl sites for hydroxylation is 2. The van der Waals surface area contributed by atoms with E-state index in [2.05, 4.69) is 5.10 Å². The molecule has 96 valence electrons. The molecule has 4 nitrogen and oxygen atoms in total. The van der Waals surface area contributed by atoms with Crippen LogP contribution in [0.3, 0.4) is 0 Å². The quantitative estimate of drug-likeness (QED) is 0.896. The Hall–Kier alpha value is -1.81. The molecule has 0 bridgehead atoms. The van der Waals surface area contributed by atoms with Crippen molar-refractivity contribution in [2.24, 2.45) is 12.8 Å². The highest BCUT2D eigenvalue weighted by Crippen LogP contribution is 2.23. The maximum Gasteiger partial charge on any atom is 0.122 e. The lowest BCUT2D eigenvalue weighted by Crippen LogP contribution is -2.14. The molecule has 0 spiro atoms. The van der Waals surface area contributed by atoms with Gasteiger partial charge in [0.1, 0.15) is 5.75 Å². The number of aromatic nitrogens is 2. The van der Waals surface area contributed by atoms with E-state index < -0.39 is 0 Å². The molecule has 1 unspecified atom stereocenters. The van der Waals surface area contributed by atoms with Crippen molar-refractivity contribution in [2.75, 3.05) is 7.11 Å². The van der Waals surface area contributed by atoms with Crippen LogP contribution in [0.1, 0.15) is 22.9 Å². The van der Waals surface area contributed by atoms with Crippen molar-refractivity contribution in [1.82, 2.24) is 9.78 Å². The fourth-order valence-electron chi connectivity index (χ4n) is 1.98. The molecule has 1 heterocycles. The Morgan fingerprint density at radius 1 is 1.39 bits per heavy atom. The summed E-state index contributed by atoms with van der Waals surface area (Å²) >= 11 is 0. The highest BCUT2D eigenvalue weighted by atomic mass is 16.5. The predicted molar refractivity (Wildman–Crippen MR) is 71.6 cm³/mol. The van der Waals surface area contributed by atoms with Crippen LogP contribution in [0, 0.1) is 6.92 Å². The molecule has 18 heavy (non-hydrogen) atoms. The number of benzene rings is 1. The van der Waals surface area contributed by atoms with Gasteiger partial charge >= 0.3 is 0 Å². The molecule has 0 saturated carbocycles. The van der Waals surface area contributed by atoms with Crippen LogP contribution < -0.4 is 10.5 Å². The van der Waals surface area contributed by atoms with Crippen molar-refractivity contribution < 1.29 is 4.74 Å². The molecule has 1 aromatic carbocycles. The summed E-state index contributed by atoms with van der Waals surface area (Å²) in [7, 11) is 3.58. The van der Waals surface area contributed by atoms with E-state index in [1.807, 2.05) is 44.4 Å². The summed E-state index contributed by atoms with van der Waals surface area (Å²) in [4.78, 5) is 0. The Morgan fingerprint density at radius 3 is 2.78 bits per heavy atom. The maximum atomic E-state index is 6.21. The van der Waals surface area contributed by atoms with Gasteiger partial charge in [0.25, 0.3) is 0 Å². The first-order valence-electron chi connectivity index (χ1n) is 5.99. The SMILES string of the molecule is COc1cc(C(N)Cc2ccn(C)n2)ccc1C. The number of methoxy groups -OCH3 is 1. The minimum atomic E-state index is -0.0607. The average molecular weight is 245 g/mol. The molecule has 1 aromatic heterocycles. The fourth-order valence-corrected chi connectivity index (χ4v) is 1.98. The van der Waals surface area contributed by atoms with Crippen LogP contribution in [-0.2, 0) is 13.5 Å². The minimum Gasteiger partial charge on any atom is -0.496 e. The van der Waals surface area contributed by atoms with E-state index in [9.17, 15) is 0 Å². The highest BCUT2D eigenvalue weighted by molar-refractivity contribution is 5.38. The lowest BCUT2D eigenvalue weighted by Gasteiger charge is -2.13. The van der Waals surface area contributed by atoms with Crippen LogP contribution >= 0.6 is 0 Å². The Bertz CT molecular complexity index is 534. The lowest BCUT2D eigenvalue weighted by molar-refractivity contribution is 0.410. The molecular weight excluding hydrogens is 226 g/mol. The predicted octanol–water partition coefficient (Wildman–Crippen LogP) is 1.98. The molecule has 2 rings (SSSR count). The van der Waals surface area contributed by atoms with Gasteiger partial charge in [-0.2, -0.15) is 5.10 Å². The average Bonchev–Trinajstić information content (AvgIpc) is 2.75. The second-order valence-electron chi connectivity index (χ2n) is 4.52. The first kappa shape index (κ1) is 12.6. The van der Waals surface area contributed by atoms with Crippen molar-refractivity contribution in [3.8, 4) is 5.75 Å². The zero-order chi connectivity index (χ0) is 13.1. The van der Waals surface area contributed by atoms with Crippen molar-refractivity contribution >= 4 is 0 Å². The molecule has 2 N–H and O–H groups in total. The Kier molecular flexibility index (Phi) is 3.67. The molecule has 4 heteroatoms. The van der Waals surface area contributed by atoms with Gasteiger partial charge in [-0.25, -0.2) is 0 Å². The largest absolute Gasteiger partial charge is 0.496 e. The third-order valence-corrected chi connectivity index (χ3v) is 3.06. The number of hydrogen-bond acceptors (Lipinski definition) is 3. The third-order valence-electron chi connectivity index (χ3n) is 3.06. The summed E-state index contributed by atoms with van der Waals surface area (Å²) in [5.41, 5.74) is 9.40. The molecular formula is C14H19N3O. The van der Waals surface area contributed by atoms with Crippen molar-refractivity contribution in [1.29, 1.82) is 0 Å². The topological polar surface area (TPSA) is 53.1 Å². The summed E-state index contributed by atoms with van der Waals surface area (Å²) in [6, 6.07) is 8.01. The van der Waals surface area contributed by atoms with Gasteiger partial charge in [0.05, 0.1) is 12.8 Å². The maximum absolute atomic E-state index is 6.21. The van der Waals surface area contributed by atoms with Gasteiger partial charge in [-0.1, -0.05) is 12.1 Å². The van der Waals surface area contributed by atoms with Gasteiger partial charge in [-0.15, -0.1) is 0 Å². The number of hydrogen-bond donors (Lipinski definition) is 1. The van der Waals surface area contributed by atoms with Gasteiger partial charge in [0.2, 0.25) is 0 Å². The van der Waals surface area contributed by atoms with E-state index >= 15 is 0 Å².